The van der Waals surface area contributed by atoms with Crippen LogP contribution < -0.4 is 0 Å². The van der Waals surface area contributed by atoms with E-state index in [2.05, 4.69) is 5.23 Å². The van der Waals surface area contributed by atoms with Crippen LogP contribution in [0.1, 0.15) is 116 Å². The summed E-state index contributed by atoms with van der Waals surface area (Å²) in [5.41, 5.74) is 6.34. The second-order valence-corrected chi connectivity index (χ2v) is 16.3. The quantitative estimate of drug-likeness (QED) is 0.369. The first-order valence-electron chi connectivity index (χ1n) is 13.9. The van der Waals surface area contributed by atoms with E-state index in [-0.39, 0.29) is 28.0 Å². The van der Waals surface area contributed by atoms with Gasteiger partial charge in [-0.05, 0) is 0 Å². The fraction of sp³-hybridized carbons (Fsp3) is 0.786. The Balaban J connectivity index is 1.40. The molecule has 0 aliphatic heterocycles. The van der Waals surface area contributed by atoms with E-state index in [0.29, 0.717) is 0 Å². The molecule has 0 aromatic carbocycles. The number of hydrogen-bond donors (Lipinski definition) is 0. The van der Waals surface area contributed by atoms with Crippen molar-refractivity contribution in [3.05, 3.63) is 22.3 Å². The minimum atomic E-state index is -3.74. The van der Waals surface area contributed by atoms with Crippen molar-refractivity contribution in [2.75, 3.05) is 0 Å². The van der Waals surface area contributed by atoms with Crippen LogP contribution in [0.15, 0.2) is 22.3 Å². The average Bonchev–Trinajstić information content (AvgIpc) is 3.24. The minimum absolute atomic E-state index is 0.00373. The van der Waals surface area contributed by atoms with E-state index in [1.165, 1.54) is 44.1 Å². The van der Waals surface area contributed by atoms with Crippen LogP contribution in [0, 0.1) is 11.8 Å². The predicted octanol–water partition coefficient (Wildman–Crippen LogP) is 7.81. The Morgan fingerprint density at radius 2 is 1.21 bits per heavy atom. The number of carbonyl (C=O) groups excluding carboxylic acids is 2. The fourth-order valence-corrected chi connectivity index (χ4v) is 12.2. The van der Waals surface area contributed by atoms with Crippen LogP contribution in [0.25, 0.3) is 0 Å². The Kier molecular flexibility index (Phi) is 7.52. The molecule has 4 nitrogen and oxygen atoms in total. The predicted molar refractivity (Wildman–Crippen MR) is 126 cm³/mol. The van der Waals surface area contributed by atoms with Gasteiger partial charge in [0.2, 0.25) is 0 Å². The summed E-state index contributed by atoms with van der Waals surface area (Å²) in [6.45, 7) is 0. The monoisotopic (exact) mass is 490 g/mol. The third-order valence-corrected chi connectivity index (χ3v) is 14.1. The van der Waals surface area contributed by atoms with Crippen molar-refractivity contribution in [1.29, 1.82) is 0 Å². The van der Waals surface area contributed by atoms with Crippen LogP contribution in [-0.2, 0) is 33.6 Å². The van der Waals surface area contributed by atoms with E-state index in [4.69, 9.17) is 6.64 Å². The normalized spacial score (nSPS) is 27.2. The van der Waals surface area contributed by atoms with Gasteiger partial charge < -0.3 is 0 Å². The van der Waals surface area contributed by atoms with Crippen LogP contribution in [0.3, 0.4) is 0 Å². The molecule has 2 saturated carbocycles. The summed E-state index contributed by atoms with van der Waals surface area (Å²) in [6.07, 6.45) is 20.0. The van der Waals surface area contributed by atoms with Gasteiger partial charge in [-0.1, -0.05) is 0 Å². The molecule has 0 heterocycles. The van der Waals surface area contributed by atoms with Crippen molar-refractivity contribution >= 4 is 11.9 Å². The van der Waals surface area contributed by atoms with E-state index in [9.17, 15) is 9.59 Å². The van der Waals surface area contributed by atoms with E-state index in [0.717, 1.165) is 77.0 Å². The van der Waals surface area contributed by atoms with Crippen LogP contribution >= 0.6 is 0 Å². The van der Waals surface area contributed by atoms with Gasteiger partial charge in [-0.15, -0.1) is 0 Å². The number of rotatable bonds is 5. The summed E-state index contributed by atoms with van der Waals surface area (Å²) in [7, 11) is 0. The van der Waals surface area contributed by atoms with Crippen LogP contribution in [0.2, 0.25) is 9.45 Å². The molecule has 0 radical (unpaired) electrons. The van der Waals surface area contributed by atoms with Crippen molar-refractivity contribution in [2.24, 2.45) is 11.8 Å². The van der Waals surface area contributed by atoms with Gasteiger partial charge in [0.05, 0.1) is 0 Å². The summed E-state index contributed by atoms with van der Waals surface area (Å²) < 4.78 is 13.2. The number of carbonyl (C=O) groups is 2. The SMILES string of the molecule is [CH3][Ti]([O]C(=O)C1CCCCC1)([O]C(=O)C1CCCCC1)[CH]1CCCC2=C1CC1=C2CCCC1. The molecular formula is C28H42O4Ti. The molecule has 0 aromatic rings. The van der Waals surface area contributed by atoms with E-state index in [1.807, 2.05) is 0 Å². The maximum absolute atomic E-state index is 13.4. The summed E-state index contributed by atoms with van der Waals surface area (Å²) in [5.74, 6) is -0.109. The van der Waals surface area contributed by atoms with E-state index >= 15 is 0 Å². The summed E-state index contributed by atoms with van der Waals surface area (Å²) >= 11 is -3.74. The molecule has 5 aliphatic rings. The Bertz CT molecular complexity index is 797. The van der Waals surface area contributed by atoms with Crippen molar-refractivity contribution in [3.63, 3.8) is 0 Å². The molecule has 0 amide bonds. The maximum atomic E-state index is 13.4. The van der Waals surface area contributed by atoms with Crippen LogP contribution in [0.4, 0.5) is 0 Å². The van der Waals surface area contributed by atoms with Gasteiger partial charge in [-0.3, -0.25) is 0 Å². The molecule has 2 fully saturated rings. The fourth-order valence-electron chi connectivity index (χ4n) is 7.34. The summed E-state index contributed by atoms with van der Waals surface area (Å²) in [5, 5.41) is 2.10. The molecule has 0 N–H and O–H groups in total. The first kappa shape index (κ1) is 23.9. The van der Waals surface area contributed by atoms with Crippen molar-refractivity contribution < 1.29 is 33.6 Å². The third-order valence-electron chi connectivity index (χ3n) is 9.19. The number of allylic oxidation sites excluding steroid dienone is 4. The molecule has 1 atom stereocenters. The average molecular weight is 491 g/mol. The van der Waals surface area contributed by atoms with Gasteiger partial charge in [0.1, 0.15) is 0 Å². The zero-order valence-corrected chi connectivity index (χ0v) is 22.2. The molecule has 1 unspecified atom stereocenters. The topological polar surface area (TPSA) is 52.6 Å². The standard InChI is InChI=1S/C13H17.2C7H12O2.CH3.Ti/c1-3-7-12-10(5-1)9-11-6-2-4-8-13(11)12;2*8-7(9)6-4-2-1-3-5-6;;/h5H,1-4,6-9H2;2*6H,1-5H2,(H,8,9);1H3;/q;;;;+2/p-2. The Morgan fingerprint density at radius 1 is 0.667 bits per heavy atom. The first-order chi connectivity index (χ1) is 16.0. The van der Waals surface area contributed by atoms with Gasteiger partial charge in [0, 0.05) is 0 Å². The van der Waals surface area contributed by atoms with E-state index < -0.39 is 17.4 Å². The summed E-state index contributed by atoms with van der Waals surface area (Å²) in [6, 6.07) is 0. The second-order valence-electron chi connectivity index (χ2n) is 11.4. The van der Waals surface area contributed by atoms with Crippen molar-refractivity contribution in [3.8, 4) is 0 Å². The second kappa shape index (κ2) is 10.4. The van der Waals surface area contributed by atoms with Gasteiger partial charge in [0.15, 0.2) is 0 Å². The molecule has 0 spiro atoms. The molecule has 33 heavy (non-hydrogen) atoms. The zero-order valence-electron chi connectivity index (χ0n) is 20.6. The van der Waals surface area contributed by atoms with Crippen LogP contribution in [-0.4, -0.2) is 11.9 Å². The zero-order chi connectivity index (χ0) is 22.8. The number of fused-ring (bicyclic) bond motifs is 1. The molecule has 5 rings (SSSR count). The Hall–Kier alpha value is -0.866. The number of hydrogen-bond acceptors (Lipinski definition) is 4. The molecule has 5 aliphatic carbocycles. The Morgan fingerprint density at radius 3 is 1.82 bits per heavy atom. The molecule has 0 aromatic heterocycles. The van der Waals surface area contributed by atoms with Crippen molar-refractivity contribution in [2.45, 2.75) is 125 Å². The van der Waals surface area contributed by atoms with E-state index in [1.54, 1.807) is 16.7 Å². The molecular weight excluding hydrogens is 448 g/mol. The molecule has 5 heteroatoms. The van der Waals surface area contributed by atoms with Gasteiger partial charge in [-0.25, -0.2) is 0 Å². The molecule has 0 saturated heterocycles. The third kappa shape index (κ3) is 5.08. The van der Waals surface area contributed by atoms with Crippen molar-refractivity contribution in [1.82, 2.24) is 0 Å². The Labute approximate surface area is 204 Å². The summed E-state index contributed by atoms with van der Waals surface area (Å²) in [4.78, 5) is 26.7. The molecule has 0 bridgehead atoms. The van der Waals surface area contributed by atoms with Crippen LogP contribution in [0.5, 0.6) is 0 Å². The first-order valence-corrected chi connectivity index (χ1v) is 17.7. The van der Waals surface area contributed by atoms with Gasteiger partial charge >= 0.3 is 205 Å². The van der Waals surface area contributed by atoms with Gasteiger partial charge in [0.25, 0.3) is 0 Å². The molecule has 182 valence electrons. The van der Waals surface area contributed by atoms with Gasteiger partial charge in [-0.2, -0.15) is 0 Å².